The fourth-order valence-corrected chi connectivity index (χ4v) is 5.30. The van der Waals surface area contributed by atoms with E-state index < -0.39 is 12.0 Å². The first-order valence-electron chi connectivity index (χ1n) is 11.8. The number of nitrogens with zero attached hydrogens (tertiary/aromatic N) is 2. The number of halogens is 3. The molecule has 5 rings (SSSR count). The number of carbonyl (C=O) groups is 1. The molecule has 1 aliphatic carbocycles. The first-order valence-corrected chi connectivity index (χ1v) is 12.1. The zero-order valence-electron chi connectivity index (χ0n) is 19.8. The van der Waals surface area contributed by atoms with Crippen molar-refractivity contribution in [3.63, 3.8) is 0 Å². The molecule has 190 valence electrons. The molecule has 1 saturated heterocycles. The standard InChI is InChI=1S/C28H28ClN3O2.2ClH/c29-22-7-10-24-21(17-22)6-5-20-2-1-13-31-27(20)26(24)19-11-14-32(15-12-19)23-8-3-18(4-9-23)16-25(30)28(33)34;;/h1-4,7-10,13,17,25H,5-6,11-12,14-16,30H2,(H,33,34);2*1H/t25-;;/m0../s1. The molecule has 1 fully saturated rings. The molecular formula is C28H30Cl3N3O2. The number of aryl methyl sites for hydroxylation is 2. The molecule has 2 aliphatic rings. The summed E-state index contributed by atoms with van der Waals surface area (Å²) in [6, 6.07) is 17.7. The summed E-state index contributed by atoms with van der Waals surface area (Å²) in [6.45, 7) is 1.86. The molecule has 36 heavy (non-hydrogen) atoms. The minimum Gasteiger partial charge on any atom is -0.480 e. The zero-order chi connectivity index (χ0) is 23.7. The predicted molar refractivity (Wildman–Crippen MR) is 151 cm³/mol. The van der Waals surface area contributed by atoms with Gasteiger partial charge in [0.2, 0.25) is 0 Å². The minimum atomic E-state index is -0.973. The zero-order valence-corrected chi connectivity index (χ0v) is 22.2. The summed E-state index contributed by atoms with van der Waals surface area (Å²) in [5.41, 5.74) is 15.5. The number of pyridine rings is 1. The third kappa shape index (κ3) is 5.87. The van der Waals surface area contributed by atoms with Crippen LogP contribution in [0.15, 0.2) is 66.4 Å². The first kappa shape index (κ1) is 28.0. The Kier molecular flexibility index (Phi) is 9.42. The van der Waals surface area contributed by atoms with Gasteiger partial charge in [-0.15, -0.1) is 24.8 Å². The number of rotatable bonds is 4. The Morgan fingerprint density at radius 2 is 1.69 bits per heavy atom. The van der Waals surface area contributed by atoms with Gasteiger partial charge in [0.1, 0.15) is 6.04 Å². The van der Waals surface area contributed by atoms with Gasteiger partial charge in [-0.2, -0.15) is 0 Å². The molecule has 2 heterocycles. The Bertz CT molecular complexity index is 1250. The van der Waals surface area contributed by atoms with Gasteiger partial charge in [-0.05, 0) is 84.7 Å². The van der Waals surface area contributed by atoms with Crippen LogP contribution in [0.4, 0.5) is 5.69 Å². The summed E-state index contributed by atoms with van der Waals surface area (Å²) in [7, 11) is 0. The van der Waals surface area contributed by atoms with E-state index in [0.29, 0.717) is 6.42 Å². The van der Waals surface area contributed by atoms with Gasteiger partial charge in [0.15, 0.2) is 0 Å². The van der Waals surface area contributed by atoms with Crippen LogP contribution in [0, 0.1) is 0 Å². The molecule has 0 spiro atoms. The number of piperidine rings is 1. The third-order valence-corrected chi connectivity index (χ3v) is 7.16. The number of fused-ring (bicyclic) bond motifs is 2. The molecule has 0 radical (unpaired) electrons. The third-order valence-electron chi connectivity index (χ3n) is 6.92. The SMILES string of the molecule is Cl.Cl.N[C@@H](Cc1ccc(N2CCC(=C3c4ccc(Cl)cc4CCc4cccnc43)CC2)cc1)C(=O)O. The normalized spacial score (nSPS) is 15.6. The average Bonchev–Trinajstić information content (AvgIpc) is 3.01. The Labute approximate surface area is 229 Å². The number of carboxylic acids is 1. The van der Waals surface area contributed by atoms with Crippen molar-refractivity contribution < 1.29 is 9.90 Å². The topological polar surface area (TPSA) is 79.5 Å². The van der Waals surface area contributed by atoms with Gasteiger partial charge in [-0.25, -0.2) is 0 Å². The number of anilines is 1. The summed E-state index contributed by atoms with van der Waals surface area (Å²) in [5.74, 6) is -0.973. The van der Waals surface area contributed by atoms with Gasteiger partial charge in [-0.3, -0.25) is 9.78 Å². The fraction of sp³-hybridized carbons (Fsp3) is 0.286. The van der Waals surface area contributed by atoms with Crippen LogP contribution in [0.25, 0.3) is 5.57 Å². The number of aliphatic carboxylic acids is 1. The smallest absolute Gasteiger partial charge is 0.320 e. The molecule has 0 unspecified atom stereocenters. The molecule has 0 bridgehead atoms. The van der Waals surface area contributed by atoms with E-state index in [9.17, 15) is 4.79 Å². The van der Waals surface area contributed by atoms with Gasteiger partial charge in [0.25, 0.3) is 0 Å². The van der Waals surface area contributed by atoms with Crippen LogP contribution in [-0.4, -0.2) is 35.2 Å². The lowest BCUT2D eigenvalue weighted by molar-refractivity contribution is -0.138. The predicted octanol–water partition coefficient (Wildman–Crippen LogP) is 5.73. The quantitative estimate of drug-likeness (QED) is 0.437. The van der Waals surface area contributed by atoms with Crippen LogP contribution in [-0.2, 0) is 24.1 Å². The van der Waals surface area contributed by atoms with Gasteiger partial charge in [0.05, 0.1) is 5.69 Å². The maximum absolute atomic E-state index is 11.0. The second-order valence-electron chi connectivity index (χ2n) is 9.09. The number of carboxylic acid groups (broad SMARTS) is 1. The largest absolute Gasteiger partial charge is 0.480 e. The summed E-state index contributed by atoms with van der Waals surface area (Å²) in [6.07, 6.45) is 6.11. The van der Waals surface area contributed by atoms with E-state index in [1.807, 2.05) is 30.5 Å². The van der Waals surface area contributed by atoms with Gasteiger partial charge in [0, 0.05) is 35.6 Å². The summed E-state index contributed by atoms with van der Waals surface area (Å²) >= 11 is 6.34. The molecule has 3 N–H and O–H groups in total. The number of hydrogen-bond acceptors (Lipinski definition) is 4. The maximum Gasteiger partial charge on any atom is 0.320 e. The number of nitrogens with two attached hydrogens (primary N) is 1. The molecule has 1 aromatic heterocycles. The monoisotopic (exact) mass is 545 g/mol. The average molecular weight is 547 g/mol. The van der Waals surface area contributed by atoms with Crippen LogP contribution in [0.2, 0.25) is 5.02 Å². The van der Waals surface area contributed by atoms with Crippen LogP contribution in [0.5, 0.6) is 0 Å². The van der Waals surface area contributed by atoms with E-state index in [1.165, 1.54) is 27.8 Å². The number of hydrogen-bond donors (Lipinski definition) is 2. The van der Waals surface area contributed by atoms with E-state index in [4.69, 9.17) is 27.4 Å². The highest BCUT2D eigenvalue weighted by Crippen LogP contribution is 2.39. The molecule has 3 aromatic rings. The lowest BCUT2D eigenvalue weighted by Gasteiger charge is -2.32. The summed E-state index contributed by atoms with van der Waals surface area (Å²) in [5, 5.41) is 9.82. The summed E-state index contributed by atoms with van der Waals surface area (Å²) in [4.78, 5) is 18.2. The van der Waals surface area contributed by atoms with Crippen LogP contribution in [0.1, 0.15) is 40.8 Å². The van der Waals surface area contributed by atoms with Crippen LogP contribution < -0.4 is 10.6 Å². The Hall–Kier alpha value is -2.57. The molecule has 5 nitrogen and oxygen atoms in total. The molecule has 1 aliphatic heterocycles. The molecule has 0 amide bonds. The van der Waals surface area contributed by atoms with Crippen molar-refractivity contribution in [2.24, 2.45) is 5.73 Å². The molecular weight excluding hydrogens is 517 g/mol. The van der Waals surface area contributed by atoms with Crippen LogP contribution in [0.3, 0.4) is 0 Å². The Morgan fingerprint density at radius 1 is 1.00 bits per heavy atom. The van der Waals surface area contributed by atoms with Gasteiger partial charge >= 0.3 is 5.97 Å². The summed E-state index contributed by atoms with van der Waals surface area (Å²) < 4.78 is 0. The van der Waals surface area contributed by atoms with E-state index >= 15 is 0 Å². The molecule has 1 atom stereocenters. The van der Waals surface area contributed by atoms with Gasteiger partial charge in [-0.1, -0.05) is 41.4 Å². The second-order valence-corrected chi connectivity index (χ2v) is 9.53. The number of aromatic nitrogens is 1. The maximum atomic E-state index is 11.0. The molecule has 0 saturated carbocycles. The first-order chi connectivity index (χ1) is 16.5. The fourth-order valence-electron chi connectivity index (χ4n) is 5.10. The lowest BCUT2D eigenvalue weighted by Crippen LogP contribution is -2.32. The van der Waals surface area contributed by atoms with Crippen molar-refractivity contribution in [1.82, 2.24) is 4.98 Å². The number of benzene rings is 2. The van der Waals surface area contributed by atoms with E-state index in [-0.39, 0.29) is 24.8 Å². The molecule has 8 heteroatoms. The highest BCUT2D eigenvalue weighted by Gasteiger charge is 2.25. The second kappa shape index (κ2) is 12.1. The highest BCUT2D eigenvalue weighted by atomic mass is 35.5. The Balaban J connectivity index is 0.00000180. The molecule has 2 aromatic carbocycles. The van der Waals surface area contributed by atoms with Crippen molar-refractivity contribution in [3.8, 4) is 0 Å². The van der Waals surface area contributed by atoms with Crippen molar-refractivity contribution in [2.45, 2.75) is 38.1 Å². The van der Waals surface area contributed by atoms with Crippen molar-refractivity contribution in [3.05, 3.63) is 99.3 Å². The van der Waals surface area contributed by atoms with Crippen molar-refractivity contribution >= 4 is 53.6 Å². The van der Waals surface area contributed by atoms with Gasteiger partial charge < -0.3 is 15.7 Å². The van der Waals surface area contributed by atoms with Crippen molar-refractivity contribution in [1.29, 1.82) is 0 Å². The van der Waals surface area contributed by atoms with E-state index in [0.717, 1.165) is 60.7 Å². The minimum absolute atomic E-state index is 0. The Morgan fingerprint density at radius 3 is 2.39 bits per heavy atom. The van der Waals surface area contributed by atoms with Crippen molar-refractivity contribution in [2.75, 3.05) is 18.0 Å². The van der Waals surface area contributed by atoms with E-state index in [1.54, 1.807) is 0 Å². The van der Waals surface area contributed by atoms with Crippen LogP contribution >= 0.6 is 36.4 Å². The van der Waals surface area contributed by atoms with E-state index in [2.05, 4.69) is 35.2 Å². The highest BCUT2D eigenvalue weighted by molar-refractivity contribution is 6.30. The lowest BCUT2D eigenvalue weighted by atomic mass is 9.88.